The highest BCUT2D eigenvalue weighted by molar-refractivity contribution is 5.76. The van der Waals surface area contributed by atoms with Gasteiger partial charge in [0.1, 0.15) is 11.6 Å². The van der Waals surface area contributed by atoms with Crippen LogP contribution in [0.4, 0.5) is 10.1 Å². The van der Waals surface area contributed by atoms with Crippen molar-refractivity contribution >= 4 is 12.0 Å². The lowest BCUT2D eigenvalue weighted by Crippen LogP contribution is -2.48. The molecule has 1 aromatic heterocycles. The third kappa shape index (κ3) is 4.79. The lowest BCUT2D eigenvalue weighted by molar-refractivity contribution is -0.112. The molecule has 32 heavy (non-hydrogen) atoms. The summed E-state index contributed by atoms with van der Waals surface area (Å²) in [5.74, 6) is 0.399. The number of hydrogen-bond donors (Lipinski definition) is 2. The lowest BCUT2D eigenvalue weighted by Gasteiger charge is -2.38. The lowest BCUT2D eigenvalue weighted by atomic mass is 9.99. The molecule has 0 radical (unpaired) electrons. The van der Waals surface area contributed by atoms with E-state index >= 15 is 0 Å². The summed E-state index contributed by atoms with van der Waals surface area (Å²) in [6.45, 7) is 5.96. The summed E-state index contributed by atoms with van der Waals surface area (Å²) in [6, 6.07) is 14.4. The quantitative estimate of drug-likeness (QED) is 0.523. The average molecular weight is 435 g/mol. The van der Waals surface area contributed by atoms with Crippen LogP contribution in [0.5, 0.6) is 5.75 Å². The van der Waals surface area contributed by atoms with Gasteiger partial charge in [-0.25, -0.2) is 4.39 Å². The number of pyridine rings is 1. The molecule has 2 heterocycles. The van der Waals surface area contributed by atoms with E-state index in [9.17, 15) is 9.18 Å². The molecule has 1 aliphatic heterocycles. The van der Waals surface area contributed by atoms with E-state index < -0.39 is 6.23 Å². The summed E-state index contributed by atoms with van der Waals surface area (Å²) >= 11 is 0. The van der Waals surface area contributed by atoms with Gasteiger partial charge < -0.3 is 15.8 Å². The van der Waals surface area contributed by atoms with E-state index in [1.807, 2.05) is 30.6 Å². The molecular weight excluding hydrogens is 407 g/mol. The molecule has 6 nitrogen and oxygen atoms in total. The molecule has 3 N–H and O–H groups in total. The summed E-state index contributed by atoms with van der Waals surface area (Å²) < 4.78 is 18.9. The minimum Gasteiger partial charge on any atom is -0.461 e. The number of carbonyl (C=O) groups excluding carboxylic acids is 1. The molecule has 2 aromatic carbocycles. The molecule has 3 aromatic rings. The van der Waals surface area contributed by atoms with Crippen LogP contribution in [0.1, 0.15) is 25.0 Å². The molecule has 1 atom stereocenters. The van der Waals surface area contributed by atoms with Crippen molar-refractivity contribution in [3.05, 3.63) is 77.9 Å². The molecule has 1 unspecified atom stereocenters. The number of nitrogens with zero attached hydrogens (tertiary/aromatic N) is 2. The number of aldehydes is 1. The topological polar surface area (TPSA) is 80.5 Å². The van der Waals surface area contributed by atoms with E-state index in [1.54, 1.807) is 12.1 Å². The van der Waals surface area contributed by atoms with Gasteiger partial charge in [-0.2, -0.15) is 0 Å². The summed E-state index contributed by atoms with van der Waals surface area (Å²) in [5, 5.41) is 3.00. The Balaban J connectivity index is 1.57. The Morgan fingerprint density at radius 3 is 2.56 bits per heavy atom. The summed E-state index contributed by atoms with van der Waals surface area (Å²) in [7, 11) is 0. The van der Waals surface area contributed by atoms with Crippen LogP contribution in [0.25, 0.3) is 11.1 Å². The van der Waals surface area contributed by atoms with Crippen LogP contribution >= 0.6 is 0 Å². The Morgan fingerprint density at radius 2 is 1.84 bits per heavy atom. The Morgan fingerprint density at radius 1 is 1.09 bits per heavy atom. The van der Waals surface area contributed by atoms with Gasteiger partial charge in [0.05, 0.1) is 5.69 Å². The fourth-order valence-electron chi connectivity index (χ4n) is 3.68. The molecule has 0 aliphatic carbocycles. The Bertz CT molecular complexity index is 1100. The average Bonchev–Trinajstić information content (AvgIpc) is 3.23. The van der Waals surface area contributed by atoms with Crippen LogP contribution in [0, 0.1) is 5.82 Å². The molecule has 0 amide bonds. The number of rotatable bonds is 8. The highest BCUT2D eigenvalue weighted by Crippen LogP contribution is 2.35. The molecule has 1 aliphatic rings. The van der Waals surface area contributed by atoms with E-state index in [0.29, 0.717) is 25.4 Å². The summed E-state index contributed by atoms with van der Waals surface area (Å²) in [6.07, 6.45) is 3.74. The summed E-state index contributed by atoms with van der Waals surface area (Å²) in [4.78, 5) is 17.7. The second kappa shape index (κ2) is 9.06. The predicted molar refractivity (Wildman–Crippen MR) is 123 cm³/mol. The highest BCUT2D eigenvalue weighted by atomic mass is 19.1. The number of anilines is 1. The first-order valence-electron chi connectivity index (χ1n) is 10.5. The van der Waals surface area contributed by atoms with Gasteiger partial charge in [-0.3, -0.25) is 14.7 Å². The van der Waals surface area contributed by atoms with Crippen molar-refractivity contribution in [2.75, 3.05) is 11.9 Å². The maximum Gasteiger partial charge on any atom is 0.226 e. The van der Waals surface area contributed by atoms with Crippen molar-refractivity contribution in [1.82, 2.24) is 9.88 Å². The maximum absolute atomic E-state index is 13.3. The molecule has 0 fully saturated rings. The zero-order chi connectivity index (χ0) is 22.7. The number of ether oxygens (including phenoxy) is 1. The minimum atomic E-state index is -0.650. The monoisotopic (exact) mass is 434 g/mol. The van der Waals surface area contributed by atoms with Crippen LogP contribution in [0.2, 0.25) is 0 Å². The first kappa shape index (κ1) is 21.9. The largest absolute Gasteiger partial charge is 0.461 e. The smallest absolute Gasteiger partial charge is 0.226 e. The van der Waals surface area contributed by atoms with Crippen LogP contribution in [0.15, 0.2) is 60.9 Å². The molecule has 0 bridgehead atoms. The molecule has 7 heteroatoms. The first-order chi connectivity index (χ1) is 15.4. The van der Waals surface area contributed by atoms with E-state index in [4.69, 9.17) is 10.5 Å². The van der Waals surface area contributed by atoms with Crippen LogP contribution in [-0.2, 0) is 17.9 Å². The molecule has 0 saturated carbocycles. The van der Waals surface area contributed by atoms with E-state index in [0.717, 1.165) is 34.2 Å². The number of fused-ring (bicyclic) bond motifs is 1. The maximum atomic E-state index is 13.3. The van der Waals surface area contributed by atoms with Crippen LogP contribution in [-0.4, -0.2) is 34.5 Å². The number of benzene rings is 2. The SMILES string of the molecule is CC(C)(CN)N(Cc1ccc(F)cc1)Cc1cncc(-c2ccc3c(c2)OC(C=O)N3)c1. The van der Waals surface area contributed by atoms with Crippen LogP contribution in [0.3, 0.4) is 0 Å². The second-order valence-corrected chi connectivity index (χ2v) is 8.61. The third-order valence-corrected chi connectivity index (χ3v) is 5.80. The normalized spacial score (nSPS) is 15.2. The molecule has 0 saturated heterocycles. The van der Waals surface area contributed by atoms with Crippen molar-refractivity contribution in [2.24, 2.45) is 5.73 Å². The van der Waals surface area contributed by atoms with Crippen molar-refractivity contribution < 1.29 is 13.9 Å². The van der Waals surface area contributed by atoms with Gasteiger partial charge in [0.15, 0.2) is 6.29 Å². The van der Waals surface area contributed by atoms with Crippen molar-refractivity contribution in [2.45, 2.75) is 38.7 Å². The third-order valence-electron chi connectivity index (χ3n) is 5.80. The van der Waals surface area contributed by atoms with Gasteiger partial charge in [-0.1, -0.05) is 18.2 Å². The Labute approximate surface area is 187 Å². The number of halogens is 1. The zero-order valence-electron chi connectivity index (χ0n) is 18.2. The number of nitrogens with two attached hydrogens (primary N) is 1. The molecule has 4 rings (SSSR count). The fourth-order valence-corrected chi connectivity index (χ4v) is 3.68. The standard InChI is InChI=1S/C25H27FN4O2/c1-25(2,16-27)30(13-17-3-6-21(26)7-4-17)14-18-9-20(12-28-11-18)19-5-8-22-23(10-19)32-24(15-31)29-22/h3-12,15,24,29H,13-14,16,27H2,1-2H3. The van der Waals surface area contributed by atoms with Gasteiger partial charge in [-0.05, 0) is 60.9 Å². The molecule has 0 spiro atoms. The van der Waals surface area contributed by atoms with Crippen LogP contribution < -0.4 is 15.8 Å². The van der Waals surface area contributed by atoms with Gasteiger partial charge in [0.25, 0.3) is 0 Å². The van der Waals surface area contributed by atoms with E-state index in [2.05, 4.69) is 35.1 Å². The van der Waals surface area contributed by atoms with Crippen molar-refractivity contribution in [1.29, 1.82) is 0 Å². The zero-order valence-corrected chi connectivity index (χ0v) is 18.2. The molecular formula is C25H27FN4O2. The van der Waals surface area contributed by atoms with E-state index in [-0.39, 0.29) is 11.4 Å². The minimum absolute atomic E-state index is 0.247. The summed E-state index contributed by atoms with van der Waals surface area (Å²) in [5.41, 5.74) is 10.6. The number of nitrogens with one attached hydrogen (secondary N) is 1. The number of carbonyl (C=O) groups is 1. The van der Waals surface area contributed by atoms with Crippen molar-refractivity contribution in [3.63, 3.8) is 0 Å². The second-order valence-electron chi connectivity index (χ2n) is 8.61. The van der Waals surface area contributed by atoms with Crippen molar-refractivity contribution in [3.8, 4) is 16.9 Å². The first-order valence-corrected chi connectivity index (χ1v) is 10.5. The number of aromatic nitrogens is 1. The number of hydrogen-bond acceptors (Lipinski definition) is 6. The van der Waals surface area contributed by atoms with E-state index in [1.165, 1.54) is 12.1 Å². The van der Waals surface area contributed by atoms with Gasteiger partial charge >= 0.3 is 0 Å². The Kier molecular flexibility index (Phi) is 6.21. The Hall–Kier alpha value is -3.29. The van der Waals surface area contributed by atoms with Gasteiger partial charge in [-0.15, -0.1) is 0 Å². The molecule has 166 valence electrons. The highest BCUT2D eigenvalue weighted by Gasteiger charge is 2.26. The van der Waals surface area contributed by atoms with Gasteiger partial charge in [0.2, 0.25) is 6.23 Å². The van der Waals surface area contributed by atoms with Gasteiger partial charge in [0, 0.05) is 43.1 Å². The fraction of sp³-hybridized carbons (Fsp3) is 0.280. The predicted octanol–water partition coefficient (Wildman–Crippen LogP) is 3.96.